The second-order valence-electron chi connectivity index (χ2n) is 3.75. The molecule has 0 fully saturated rings. The fraction of sp³-hybridized carbons (Fsp3) is 0.167. The number of aryl methyl sites for hydroxylation is 2. The number of aldehydes is 1. The molecule has 1 heterocycles. The van der Waals surface area contributed by atoms with Gasteiger partial charge in [0.05, 0.1) is 11.3 Å². The Labute approximate surface area is 119 Å². The highest BCUT2D eigenvalue weighted by Crippen LogP contribution is 2.34. The largest absolute Gasteiger partial charge is 0.298 e. The first-order valence-corrected chi connectivity index (χ1v) is 6.71. The van der Waals surface area contributed by atoms with Crippen LogP contribution in [0.15, 0.2) is 28.1 Å². The van der Waals surface area contributed by atoms with Crippen LogP contribution in [0.2, 0.25) is 10.0 Å². The maximum absolute atomic E-state index is 11.1. The summed E-state index contributed by atoms with van der Waals surface area (Å²) < 4.78 is 1.68. The van der Waals surface area contributed by atoms with E-state index < -0.39 is 0 Å². The topological polar surface area (TPSA) is 34.9 Å². The van der Waals surface area contributed by atoms with Crippen LogP contribution in [0, 0.1) is 6.92 Å². The van der Waals surface area contributed by atoms with E-state index in [1.807, 2.05) is 0 Å². The minimum atomic E-state index is 0.566. The molecule has 0 spiro atoms. The van der Waals surface area contributed by atoms with Gasteiger partial charge in [-0.15, -0.1) is 0 Å². The summed E-state index contributed by atoms with van der Waals surface area (Å²) in [7, 11) is 1.80. The lowest BCUT2D eigenvalue weighted by Crippen LogP contribution is -1.93. The third-order valence-electron chi connectivity index (χ3n) is 2.38. The first-order valence-electron chi connectivity index (χ1n) is 5.14. The number of nitrogens with zero attached hydrogens (tertiary/aromatic N) is 2. The maximum Gasteiger partial charge on any atom is 0.154 e. The predicted octanol–water partition coefficient (Wildman–Crippen LogP) is 4.00. The van der Waals surface area contributed by atoms with Crippen LogP contribution in [0.1, 0.15) is 16.1 Å². The van der Waals surface area contributed by atoms with Gasteiger partial charge in [-0.1, -0.05) is 35.0 Å². The lowest BCUT2D eigenvalue weighted by molar-refractivity contribution is 0.112. The normalized spacial score (nSPS) is 10.7. The monoisotopic (exact) mass is 300 g/mol. The third-order valence-corrected chi connectivity index (χ3v) is 3.97. The lowest BCUT2D eigenvalue weighted by atomic mass is 10.3. The zero-order chi connectivity index (χ0) is 13.3. The first-order chi connectivity index (χ1) is 8.51. The second-order valence-corrected chi connectivity index (χ2v) is 5.69. The molecule has 2 aromatic rings. The summed E-state index contributed by atoms with van der Waals surface area (Å²) in [6.45, 7) is 1.80. The van der Waals surface area contributed by atoms with Crippen LogP contribution < -0.4 is 0 Å². The van der Waals surface area contributed by atoms with Gasteiger partial charge in [-0.05, 0) is 25.1 Å². The van der Waals surface area contributed by atoms with Gasteiger partial charge in [0.1, 0.15) is 5.03 Å². The number of carbonyl (C=O) groups excluding carboxylic acids is 1. The van der Waals surface area contributed by atoms with Crippen molar-refractivity contribution in [2.24, 2.45) is 7.05 Å². The number of benzene rings is 1. The van der Waals surface area contributed by atoms with Gasteiger partial charge in [0.2, 0.25) is 0 Å². The molecule has 0 bridgehead atoms. The number of hydrogen-bond donors (Lipinski definition) is 0. The Balaban J connectivity index is 2.42. The highest BCUT2D eigenvalue weighted by molar-refractivity contribution is 7.99. The smallest absolute Gasteiger partial charge is 0.154 e. The van der Waals surface area contributed by atoms with Gasteiger partial charge in [-0.3, -0.25) is 9.48 Å². The molecule has 0 atom stereocenters. The number of halogens is 2. The fourth-order valence-electron chi connectivity index (χ4n) is 1.61. The lowest BCUT2D eigenvalue weighted by Gasteiger charge is -2.04. The summed E-state index contributed by atoms with van der Waals surface area (Å²) in [4.78, 5) is 11.9. The Bertz CT molecular complexity index is 590. The highest BCUT2D eigenvalue weighted by atomic mass is 35.5. The molecule has 0 amide bonds. The molecule has 1 aromatic carbocycles. The number of aromatic nitrogens is 2. The van der Waals surface area contributed by atoms with Crippen molar-refractivity contribution in [1.82, 2.24) is 9.78 Å². The molecular weight excluding hydrogens is 291 g/mol. The highest BCUT2D eigenvalue weighted by Gasteiger charge is 2.14. The van der Waals surface area contributed by atoms with Crippen LogP contribution in [0.4, 0.5) is 0 Å². The van der Waals surface area contributed by atoms with Crippen LogP contribution in [-0.4, -0.2) is 16.1 Å². The van der Waals surface area contributed by atoms with E-state index in [-0.39, 0.29) is 0 Å². The molecule has 0 saturated heterocycles. The van der Waals surface area contributed by atoms with Crippen molar-refractivity contribution in [2.45, 2.75) is 16.8 Å². The SMILES string of the molecule is Cc1nn(C)c(Sc2cc(Cl)cc(Cl)c2)c1C=O. The van der Waals surface area contributed by atoms with Gasteiger partial charge >= 0.3 is 0 Å². The molecule has 1 aromatic heterocycles. The molecule has 0 aliphatic heterocycles. The molecule has 0 N–H and O–H groups in total. The molecule has 0 radical (unpaired) electrons. The Morgan fingerprint density at radius 3 is 2.44 bits per heavy atom. The molecule has 0 aliphatic carbocycles. The minimum Gasteiger partial charge on any atom is -0.298 e. The van der Waals surface area contributed by atoms with E-state index in [0.717, 1.165) is 16.2 Å². The first kappa shape index (κ1) is 13.5. The van der Waals surface area contributed by atoms with Gasteiger partial charge in [0.15, 0.2) is 6.29 Å². The van der Waals surface area contributed by atoms with Crippen LogP contribution in [0.5, 0.6) is 0 Å². The van der Waals surface area contributed by atoms with E-state index in [2.05, 4.69) is 5.10 Å². The predicted molar refractivity (Wildman–Crippen MR) is 73.9 cm³/mol. The van der Waals surface area contributed by atoms with Crippen molar-refractivity contribution < 1.29 is 4.79 Å². The molecule has 18 heavy (non-hydrogen) atoms. The summed E-state index contributed by atoms with van der Waals surface area (Å²) in [5, 5.41) is 6.13. The number of rotatable bonds is 3. The maximum atomic E-state index is 11.1. The van der Waals surface area contributed by atoms with Crippen LogP contribution in [-0.2, 0) is 7.05 Å². The Hall–Kier alpha value is -0.970. The van der Waals surface area contributed by atoms with Crippen LogP contribution in [0.3, 0.4) is 0 Å². The van der Waals surface area contributed by atoms with Gasteiger partial charge in [0, 0.05) is 22.0 Å². The Morgan fingerprint density at radius 2 is 1.89 bits per heavy atom. The molecular formula is C12H10Cl2N2OS. The van der Waals surface area contributed by atoms with Crippen LogP contribution in [0.25, 0.3) is 0 Å². The standard InChI is InChI=1S/C12H10Cl2N2OS/c1-7-11(6-17)12(16(2)15-7)18-10-4-8(13)3-9(14)5-10/h3-6H,1-2H3. The molecule has 6 heteroatoms. The zero-order valence-electron chi connectivity index (χ0n) is 9.78. The molecule has 94 valence electrons. The van der Waals surface area contributed by atoms with E-state index in [0.29, 0.717) is 21.3 Å². The number of carbonyl (C=O) groups is 1. The van der Waals surface area contributed by atoms with Crippen molar-refractivity contribution in [2.75, 3.05) is 0 Å². The van der Waals surface area contributed by atoms with E-state index in [1.54, 1.807) is 36.9 Å². The molecule has 3 nitrogen and oxygen atoms in total. The Morgan fingerprint density at radius 1 is 1.28 bits per heavy atom. The van der Waals surface area contributed by atoms with Crippen molar-refractivity contribution >= 4 is 41.2 Å². The van der Waals surface area contributed by atoms with Crippen LogP contribution >= 0.6 is 35.0 Å². The molecule has 0 saturated carbocycles. The van der Waals surface area contributed by atoms with Gasteiger partial charge < -0.3 is 0 Å². The van der Waals surface area contributed by atoms with Gasteiger partial charge in [0.25, 0.3) is 0 Å². The molecule has 0 aliphatic rings. The van der Waals surface area contributed by atoms with Crippen molar-refractivity contribution in [3.63, 3.8) is 0 Å². The summed E-state index contributed by atoms with van der Waals surface area (Å²) in [5.41, 5.74) is 1.31. The summed E-state index contributed by atoms with van der Waals surface area (Å²) >= 11 is 13.3. The second kappa shape index (κ2) is 5.34. The van der Waals surface area contributed by atoms with E-state index in [9.17, 15) is 4.79 Å². The van der Waals surface area contributed by atoms with Crippen molar-refractivity contribution in [1.29, 1.82) is 0 Å². The Kier molecular flexibility index (Phi) is 4.00. The van der Waals surface area contributed by atoms with Crippen molar-refractivity contribution in [3.8, 4) is 0 Å². The van der Waals surface area contributed by atoms with Gasteiger partial charge in [-0.2, -0.15) is 5.10 Å². The molecule has 2 rings (SSSR count). The quantitative estimate of drug-likeness (QED) is 0.804. The van der Waals surface area contributed by atoms with Gasteiger partial charge in [-0.25, -0.2) is 0 Å². The third kappa shape index (κ3) is 2.71. The summed E-state index contributed by atoms with van der Waals surface area (Å²) in [6, 6.07) is 5.27. The minimum absolute atomic E-state index is 0.566. The van der Waals surface area contributed by atoms with E-state index in [4.69, 9.17) is 23.2 Å². The van der Waals surface area contributed by atoms with E-state index in [1.165, 1.54) is 11.8 Å². The number of hydrogen-bond acceptors (Lipinski definition) is 3. The molecule has 0 unspecified atom stereocenters. The summed E-state index contributed by atoms with van der Waals surface area (Å²) in [6.07, 6.45) is 0.816. The average Bonchev–Trinajstić information content (AvgIpc) is 2.52. The van der Waals surface area contributed by atoms with E-state index >= 15 is 0 Å². The summed E-state index contributed by atoms with van der Waals surface area (Å²) in [5.74, 6) is 0. The van der Waals surface area contributed by atoms with Crippen molar-refractivity contribution in [3.05, 3.63) is 39.5 Å². The zero-order valence-corrected chi connectivity index (χ0v) is 12.1. The average molecular weight is 301 g/mol. The fourth-order valence-corrected chi connectivity index (χ4v) is 3.34.